The van der Waals surface area contributed by atoms with Crippen molar-refractivity contribution >= 4 is 52.2 Å². The molecule has 0 saturated heterocycles. The molecule has 176 valence electrons. The van der Waals surface area contributed by atoms with Crippen LogP contribution in [-0.4, -0.2) is 16.0 Å². The van der Waals surface area contributed by atoms with E-state index in [1.807, 2.05) is 0 Å². The minimum Gasteiger partial charge on any atom is -0.326 e. The zero-order valence-corrected chi connectivity index (χ0v) is 19.3. The van der Waals surface area contributed by atoms with Crippen molar-refractivity contribution in [2.45, 2.75) is 16.7 Å². The number of ketones is 1. The van der Waals surface area contributed by atoms with Gasteiger partial charge >= 0.3 is 0 Å². The number of hydrogen-bond donors (Lipinski definition) is 1. The molecule has 0 spiro atoms. The summed E-state index contributed by atoms with van der Waals surface area (Å²) in [7, 11) is 0. The Balaban J connectivity index is 1.51. The number of hydrogen-bond acceptors (Lipinski definition) is 2. The highest BCUT2D eigenvalue weighted by Crippen LogP contribution is 2.65. The maximum atomic E-state index is 13.9. The molecule has 3 nitrogen and oxygen atoms in total. The number of nitrogens with one attached hydrogen (secondary N) is 1. The summed E-state index contributed by atoms with van der Waals surface area (Å²) in [6.07, 6.45) is -0.378. The standard InChI is InChI=1S/C24H14Cl3F4NO2/c25-16-5-4-14(10-15(16)20(33)8-11-1-3-13(28)9-18(11)30)32-23(34)22-21(24(22,26)27)12-2-6-17(29)19(31)7-12/h1-7,9-10,21-22H,8H2,(H,32,34). The summed E-state index contributed by atoms with van der Waals surface area (Å²) in [5, 5.41) is 2.65. The molecule has 1 saturated carbocycles. The number of alkyl halides is 2. The lowest BCUT2D eigenvalue weighted by molar-refractivity contribution is -0.117. The van der Waals surface area contributed by atoms with Gasteiger partial charge in [0.05, 0.1) is 10.9 Å². The van der Waals surface area contributed by atoms with Crippen LogP contribution in [-0.2, 0) is 11.2 Å². The van der Waals surface area contributed by atoms with Crippen molar-refractivity contribution in [2.24, 2.45) is 5.92 Å². The van der Waals surface area contributed by atoms with E-state index in [2.05, 4.69) is 5.32 Å². The zero-order valence-electron chi connectivity index (χ0n) is 17.0. The lowest BCUT2D eigenvalue weighted by Crippen LogP contribution is -2.17. The average molecular weight is 531 g/mol. The second kappa shape index (κ2) is 9.21. The minimum absolute atomic E-state index is 0.0131. The Kier molecular flexibility index (Phi) is 6.64. The van der Waals surface area contributed by atoms with Gasteiger partial charge in [0.1, 0.15) is 16.0 Å². The molecule has 0 aliphatic heterocycles. The number of rotatable bonds is 6. The zero-order chi connectivity index (χ0) is 24.8. The Bertz CT molecular complexity index is 1320. The van der Waals surface area contributed by atoms with E-state index in [0.717, 1.165) is 24.3 Å². The van der Waals surface area contributed by atoms with E-state index in [9.17, 15) is 27.2 Å². The number of anilines is 1. The van der Waals surface area contributed by atoms with E-state index >= 15 is 0 Å². The van der Waals surface area contributed by atoms with Gasteiger partial charge in [0.25, 0.3) is 0 Å². The van der Waals surface area contributed by atoms with Crippen LogP contribution in [0.1, 0.15) is 27.4 Å². The average Bonchev–Trinajstić information content (AvgIpc) is 3.35. The molecule has 2 unspecified atom stereocenters. The van der Waals surface area contributed by atoms with Gasteiger partial charge in [-0.1, -0.05) is 23.7 Å². The monoisotopic (exact) mass is 529 g/mol. The van der Waals surface area contributed by atoms with E-state index in [1.165, 1.54) is 24.3 Å². The Hall–Kier alpha value is -2.61. The summed E-state index contributed by atoms with van der Waals surface area (Å²) in [4.78, 5) is 25.5. The molecule has 0 radical (unpaired) electrons. The number of carbonyl (C=O) groups excluding carboxylic acids is 2. The topological polar surface area (TPSA) is 46.2 Å². The largest absolute Gasteiger partial charge is 0.326 e. The number of halogens is 7. The molecule has 10 heteroatoms. The molecular formula is C24H14Cl3F4NO2. The van der Waals surface area contributed by atoms with Crippen LogP contribution in [0.5, 0.6) is 0 Å². The SMILES string of the molecule is O=C(Cc1ccc(F)cc1F)c1cc(NC(=O)C2C(c3ccc(F)c(F)c3)C2(Cl)Cl)ccc1Cl. The molecule has 1 fully saturated rings. The van der Waals surface area contributed by atoms with Crippen LogP contribution in [0, 0.1) is 29.2 Å². The van der Waals surface area contributed by atoms with Crippen molar-refractivity contribution in [1.82, 2.24) is 0 Å². The van der Waals surface area contributed by atoms with Crippen molar-refractivity contribution in [3.8, 4) is 0 Å². The number of carbonyl (C=O) groups is 2. The number of amides is 1. The Labute approximate surface area is 206 Å². The number of Topliss-reactive ketones (excluding diaryl/α,β-unsaturated/α-hetero) is 1. The van der Waals surface area contributed by atoms with Crippen LogP contribution in [0.2, 0.25) is 5.02 Å². The molecule has 1 aliphatic carbocycles. The molecule has 0 aromatic heterocycles. The molecule has 34 heavy (non-hydrogen) atoms. The van der Waals surface area contributed by atoms with Crippen LogP contribution in [0.25, 0.3) is 0 Å². The molecule has 3 aromatic rings. The van der Waals surface area contributed by atoms with Crippen molar-refractivity contribution in [2.75, 3.05) is 5.32 Å². The lowest BCUT2D eigenvalue weighted by Gasteiger charge is -2.10. The molecule has 0 bridgehead atoms. The summed E-state index contributed by atoms with van der Waals surface area (Å²) in [6.45, 7) is 0. The highest BCUT2D eigenvalue weighted by atomic mass is 35.5. The van der Waals surface area contributed by atoms with Crippen LogP contribution < -0.4 is 5.32 Å². The third-order valence-corrected chi connectivity index (χ3v) is 6.81. The molecule has 3 aromatic carbocycles. The van der Waals surface area contributed by atoms with Gasteiger partial charge in [0, 0.05) is 29.7 Å². The summed E-state index contributed by atoms with van der Waals surface area (Å²) in [5.74, 6) is -6.68. The highest BCUT2D eigenvalue weighted by Gasteiger charge is 2.67. The first-order chi connectivity index (χ1) is 16.0. The predicted molar refractivity (Wildman–Crippen MR) is 122 cm³/mol. The van der Waals surface area contributed by atoms with Crippen LogP contribution in [0.15, 0.2) is 54.6 Å². The Morgan fingerprint density at radius 3 is 2.29 bits per heavy atom. The van der Waals surface area contributed by atoms with Crippen LogP contribution in [0.4, 0.5) is 23.2 Å². The second-order valence-corrected chi connectivity index (χ2v) is 9.67. The maximum Gasteiger partial charge on any atom is 0.231 e. The normalized spacial score (nSPS) is 18.4. The van der Waals surface area contributed by atoms with Crippen molar-refractivity contribution in [3.05, 3.63) is 99.6 Å². The smallest absolute Gasteiger partial charge is 0.231 e. The molecule has 2 atom stereocenters. The Morgan fingerprint density at radius 1 is 0.882 bits per heavy atom. The van der Waals surface area contributed by atoms with E-state index in [4.69, 9.17) is 34.8 Å². The van der Waals surface area contributed by atoms with E-state index in [1.54, 1.807) is 0 Å². The molecular weight excluding hydrogens is 517 g/mol. The number of benzene rings is 3. The van der Waals surface area contributed by atoms with E-state index in [0.29, 0.717) is 6.07 Å². The van der Waals surface area contributed by atoms with Gasteiger partial charge in [0.15, 0.2) is 17.4 Å². The van der Waals surface area contributed by atoms with Gasteiger partial charge in [-0.25, -0.2) is 17.6 Å². The first-order valence-electron chi connectivity index (χ1n) is 9.89. The van der Waals surface area contributed by atoms with Crippen molar-refractivity contribution in [3.63, 3.8) is 0 Å². The highest BCUT2D eigenvalue weighted by molar-refractivity contribution is 6.53. The van der Waals surface area contributed by atoms with Crippen molar-refractivity contribution < 1.29 is 27.2 Å². The molecule has 4 rings (SSSR count). The first-order valence-corrected chi connectivity index (χ1v) is 11.0. The van der Waals surface area contributed by atoms with E-state index < -0.39 is 51.1 Å². The van der Waals surface area contributed by atoms with Gasteiger partial charge < -0.3 is 5.32 Å². The van der Waals surface area contributed by atoms with Gasteiger partial charge in [-0.05, 0) is 47.5 Å². The van der Waals surface area contributed by atoms with Gasteiger partial charge in [-0.15, -0.1) is 23.2 Å². The Morgan fingerprint density at radius 2 is 1.62 bits per heavy atom. The summed E-state index contributed by atoms with van der Waals surface area (Å²) in [5.41, 5.74) is 0.451. The van der Waals surface area contributed by atoms with Gasteiger partial charge in [0.2, 0.25) is 5.91 Å². The predicted octanol–water partition coefficient (Wildman–Crippen LogP) is 6.85. The fourth-order valence-corrected chi connectivity index (χ4v) is 4.79. The van der Waals surface area contributed by atoms with Crippen LogP contribution in [0.3, 0.4) is 0 Å². The fraction of sp³-hybridized carbons (Fsp3) is 0.167. The van der Waals surface area contributed by atoms with Crippen LogP contribution >= 0.6 is 34.8 Å². The third-order valence-electron chi connectivity index (χ3n) is 5.54. The fourth-order valence-electron chi connectivity index (χ4n) is 3.74. The quantitative estimate of drug-likeness (QED) is 0.215. The maximum absolute atomic E-state index is 13.9. The minimum atomic E-state index is -1.54. The summed E-state index contributed by atoms with van der Waals surface area (Å²) >= 11 is 18.6. The molecule has 1 N–H and O–H groups in total. The van der Waals surface area contributed by atoms with Gasteiger partial charge in [-0.2, -0.15) is 0 Å². The molecule has 1 amide bonds. The molecule has 0 heterocycles. The van der Waals surface area contributed by atoms with E-state index in [-0.39, 0.29) is 33.8 Å². The lowest BCUT2D eigenvalue weighted by atomic mass is 10.0. The molecule has 1 aliphatic rings. The second-order valence-electron chi connectivity index (χ2n) is 7.82. The third kappa shape index (κ3) is 4.78. The first kappa shape index (κ1) is 24.5. The van der Waals surface area contributed by atoms with Gasteiger partial charge in [-0.3, -0.25) is 9.59 Å². The summed E-state index contributed by atoms with van der Waals surface area (Å²) < 4.78 is 52.3. The summed E-state index contributed by atoms with van der Waals surface area (Å²) in [6, 6.07) is 10.1. The van der Waals surface area contributed by atoms with Crippen molar-refractivity contribution in [1.29, 1.82) is 0 Å².